The van der Waals surface area contributed by atoms with Crippen molar-refractivity contribution in [2.24, 2.45) is 0 Å². The van der Waals surface area contributed by atoms with E-state index in [9.17, 15) is 9.59 Å². The molecular weight excluding hydrogens is 308 g/mol. The predicted molar refractivity (Wildman–Crippen MR) is 76.4 cm³/mol. The third-order valence-corrected chi connectivity index (χ3v) is 3.61. The first-order valence-corrected chi connectivity index (χ1v) is 7.22. The largest absolute Gasteiger partial charge is 0.343 e. The minimum Gasteiger partial charge on any atom is -0.343 e. The zero-order valence-corrected chi connectivity index (χ0v) is 12.4. The van der Waals surface area contributed by atoms with Crippen molar-refractivity contribution in [3.8, 4) is 0 Å². The molecule has 1 aliphatic rings. The molecule has 1 aromatic rings. The number of hydrogen-bond acceptors (Lipinski definition) is 2. The van der Waals surface area contributed by atoms with Gasteiger partial charge >= 0.3 is 0 Å². The summed E-state index contributed by atoms with van der Waals surface area (Å²) in [5.41, 5.74) is 1.02. The van der Waals surface area contributed by atoms with E-state index in [2.05, 4.69) is 21.2 Å². The molecular formula is C14H17BrN2O2. The Morgan fingerprint density at radius 3 is 2.89 bits per heavy atom. The summed E-state index contributed by atoms with van der Waals surface area (Å²) in [6.07, 6.45) is 1.57. The molecule has 1 aromatic carbocycles. The molecule has 2 amide bonds. The molecule has 0 spiro atoms. The second-order valence-electron chi connectivity index (χ2n) is 4.73. The number of rotatable bonds is 4. The molecule has 1 heterocycles. The molecule has 1 unspecified atom stereocenters. The van der Waals surface area contributed by atoms with Gasteiger partial charge in [0, 0.05) is 11.0 Å². The van der Waals surface area contributed by atoms with E-state index in [1.54, 1.807) is 4.90 Å². The van der Waals surface area contributed by atoms with Crippen LogP contribution in [0.3, 0.4) is 0 Å². The molecule has 5 heteroatoms. The van der Waals surface area contributed by atoms with Gasteiger partial charge in [0.25, 0.3) is 0 Å². The van der Waals surface area contributed by atoms with Crippen LogP contribution in [0.2, 0.25) is 0 Å². The fourth-order valence-corrected chi connectivity index (χ4v) is 2.69. The minimum absolute atomic E-state index is 0.0152. The lowest BCUT2D eigenvalue weighted by atomic mass is 10.1. The lowest BCUT2D eigenvalue weighted by Gasteiger charge is -2.32. The first kappa shape index (κ1) is 14.1. The second kappa shape index (κ2) is 6.19. The van der Waals surface area contributed by atoms with E-state index in [4.69, 9.17) is 0 Å². The summed E-state index contributed by atoms with van der Waals surface area (Å²) in [6, 6.07) is 7.43. The topological polar surface area (TPSA) is 49.4 Å². The Labute approximate surface area is 121 Å². The Bertz CT molecular complexity index is 490. The summed E-state index contributed by atoms with van der Waals surface area (Å²) < 4.78 is 0.976. The fourth-order valence-electron chi connectivity index (χ4n) is 2.25. The van der Waals surface area contributed by atoms with E-state index in [1.807, 2.05) is 31.2 Å². The summed E-state index contributed by atoms with van der Waals surface area (Å²) >= 11 is 3.41. The fraction of sp³-hybridized carbons (Fsp3) is 0.429. The van der Waals surface area contributed by atoms with Crippen molar-refractivity contribution in [3.05, 3.63) is 34.3 Å². The summed E-state index contributed by atoms with van der Waals surface area (Å²) in [5.74, 6) is -0.0607. The number of amides is 2. The Hall–Kier alpha value is -1.36. The normalized spacial score (nSPS) is 19.5. The first-order chi connectivity index (χ1) is 9.10. The molecule has 19 heavy (non-hydrogen) atoms. The molecule has 0 saturated carbocycles. The van der Waals surface area contributed by atoms with E-state index in [0.717, 1.165) is 16.5 Å². The lowest BCUT2D eigenvalue weighted by Crippen LogP contribution is -2.57. The number of piperazine rings is 1. The number of hydrogen-bond donors (Lipinski definition) is 1. The molecule has 1 aliphatic heterocycles. The van der Waals surface area contributed by atoms with Crippen LogP contribution in [0, 0.1) is 0 Å². The standard InChI is InChI=1S/C14H17BrN2O2/c1-2-4-12-14(19)17(9-13(18)16-12)8-10-5-3-6-11(15)7-10/h3,5-7,12H,2,4,8-9H2,1H3,(H,16,18). The van der Waals surface area contributed by atoms with Crippen LogP contribution >= 0.6 is 15.9 Å². The maximum Gasteiger partial charge on any atom is 0.245 e. The van der Waals surface area contributed by atoms with Crippen LogP contribution < -0.4 is 5.32 Å². The van der Waals surface area contributed by atoms with E-state index in [1.165, 1.54) is 0 Å². The van der Waals surface area contributed by atoms with Crippen molar-refractivity contribution in [1.82, 2.24) is 10.2 Å². The van der Waals surface area contributed by atoms with Gasteiger partial charge in [0.1, 0.15) is 6.04 Å². The molecule has 1 atom stereocenters. The third-order valence-electron chi connectivity index (χ3n) is 3.12. The highest BCUT2D eigenvalue weighted by molar-refractivity contribution is 9.10. The number of nitrogens with one attached hydrogen (secondary N) is 1. The van der Waals surface area contributed by atoms with Gasteiger partial charge < -0.3 is 10.2 Å². The number of nitrogens with zero attached hydrogens (tertiary/aromatic N) is 1. The first-order valence-electron chi connectivity index (χ1n) is 6.42. The highest BCUT2D eigenvalue weighted by Gasteiger charge is 2.31. The highest BCUT2D eigenvalue weighted by atomic mass is 79.9. The highest BCUT2D eigenvalue weighted by Crippen LogP contribution is 2.16. The van der Waals surface area contributed by atoms with Crippen molar-refractivity contribution in [1.29, 1.82) is 0 Å². The summed E-state index contributed by atoms with van der Waals surface area (Å²) in [6.45, 7) is 2.63. The molecule has 1 saturated heterocycles. The lowest BCUT2D eigenvalue weighted by molar-refractivity contribution is -0.145. The molecule has 1 N–H and O–H groups in total. The predicted octanol–water partition coefficient (Wildman–Crippen LogP) is 2.08. The molecule has 102 valence electrons. The van der Waals surface area contributed by atoms with Crippen LogP contribution in [0.25, 0.3) is 0 Å². The molecule has 0 aliphatic carbocycles. The van der Waals surface area contributed by atoms with E-state index in [-0.39, 0.29) is 24.4 Å². The maximum atomic E-state index is 12.2. The Balaban J connectivity index is 2.10. The van der Waals surface area contributed by atoms with Crippen LogP contribution in [-0.4, -0.2) is 29.3 Å². The smallest absolute Gasteiger partial charge is 0.245 e. The Morgan fingerprint density at radius 2 is 2.21 bits per heavy atom. The van der Waals surface area contributed by atoms with Gasteiger partial charge in [-0.3, -0.25) is 9.59 Å². The molecule has 0 bridgehead atoms. The van der Waals surface area contributed by atoms with Crippen LogP contribution in [0.1, 0.15) is 25.3 Å². The molecule has 0 radical (unpaired) electrons. The summed E-state index contributed by atoms with van der Waals surface area (Å²) in [7, 11) is 0. The van der Waals surface area contributed by atoms with E-state index < -0.39 is 0 Å². The van der Waals surface area contributed by atoms with Gasteiger partial charge in [-0.15, -0.1) is 0 Å². The van der Waals surface area contributed by atoms with E-state index in [0.29, 0.717) is 13.0 Å². The number of carbonyl (C=O) groups excluding carboxylic acids is 2. The average Bonchev–Trinajstić information content (AvgIpc) is 2.35. The average molecular weight is 325 g/mol. The zero-order valence-electron chi connectivity index (χ0n) is 10.9. The Kier molecular flexibility index (Phi) is 4.58. The maximum absolute atomic E-state index is 12.2. The van der Waals surface area contributed by atoms with Crippen molar-refractivity contribution in [2.45, 2.75) is 32.4 Å². The van der Waals surface area contributed by atoms with Gasteiger partial charge in [0.05, 0.1) is 6.54 Å². The van der Waals surface area contributed by atoms with Crippen molar-refractivity contribution >= 4 is 27.7 Å². The quantitative estimate of drug-likeness (QED) is 0.921. The van der Waals surface area contributed by atoms with Gasteiger partial charge in [0.2, 0.25) is 11.8 Å². The molecule has 4 nitrogen and oxygen atoms in total. The molecule has 1 fully saturated rings. The monoisotopic (exact) mass is 324 g/mol. The van der Waals surface area contributed by atoms with Crippen LogP contribution in [0.15, 0.2) is 28.7 Å². The number of benzene rings is 1. The van der Waals surface area contributed by atoms with Crippen LogP contribution in [-0.2, 0) is 16.1 Å². The summed E-state index contributed by atoms with van der Waals surface area (Å²) in [5, 5.41) is 2.75. The van der Waals surface area contributed by atoms with Crippen LogP contribution in [0.4, 0.5) is 0 Å². The third kappa shape index (κ3) is 3.56. The Morgan fingerprint density at radius 1 is 1.42 bits per heavy atom. The zero-order chi connectivity index (χ0) is 13.8. The van der Waals surface area contributed by atoms with Gasteiger partial charge in [0.15, 0.2) is 0 Å². The second-order valence-corrected chi connectivity index (χ2v) is 5.65. The minimum atomic E-state index is -0.363. The van der Waals surface area contributed by atoms with Gasteiger partial charge in [-0.1, -0.05) is 41.4 Å². The summed E-state index contributed by atoms with van der Waals surface area (Å²) in [4.78, 5) is 25.5. The van der Waals surface area contributed by atoms with Gasteiger partial charge in [-0.05, 0) is 24.1 Å². The van der Waals surface area contributed by atoms with Gasteiger partial charge in [-0.2, -0.15) is 0 Å². The van der Waals surface area contributed by atoms with Crippen molar-refractivity contribution in [3.63, 3.8) is 0 Å². The van der Waals surface area contributed by atoms with Crippen molar-refractivity contribution < 1.29 is 9.59 Å². The van der Waals surface area contributed by atoms with Gasteiger partial charge in [-0.25, -0.2) is 0 Å². The number of halogens is 1. The molecule has 2 rings (SSSR count). The molecule has 0 aromatic heterocycles. The van der Waals surface area contributed by atoms with Crippen molar-refractivity contribution in [2.75, 3.05) is 6.54 Å². The number of carbonyl (C=O) groups is 2. The van der Waals surface area contributed by atoms with Crippen LogP contribution in [0.5, 0.6) is 0 Å². The van der Waals surface area contributed by atoms with E-state index >= 15 is 0 Å². The SMILES string of the molecule is CCCC1NC(=O)CN(Cc2cccc(Br)c2)C1=O.